The SMILES string of the molecule is CC(C)n1c(-c2cccc3c2sc2ncc(F)cc23)nc2ccccc21. The molecule has 5 heteroatoms. The smallest absolute Gasteiger partial charge is 0.142 e. The average molecular weight is 361 g/mol. The van der Waals surface area contributed by atoms with Crippen LogP contribution in [0.15, 0.2) is 54.7 Å². The van der Waals surface area contributed by atoms with Crippen molar-refractivity contribution in [3.63, 3.8) is 0 Å². The Hall–Kier alpha value is -2.79. The van der Waals surface area contributed by atoms with Crippen molar-refractivity contribution in [1.29, 1.82) is 0 Å². The van der Waals surface area contributed by atoms with Gasteiger partial charge in [0.2, 0.25) is 0 Å². The van der Waals surface area contributed by atoms with Gasteiger partial charge in [-0.3, -0.25) is 0 Å². The van der Waals surface area contributed by atoms with Gasteiger partial charge in [0, 0.05) is 27.1 Å². The number of benzene rings is 2. The molecule has 0 amide bonds. The van der Waals surface area contributed by atoms with E-state index in [-0.39, 0.29) is 11.9 Å². The van der Waals surface area contributed by atoms with Crippen molar-refractivity contribution in [1.82, 2.24) is 14.5 Å². The monoisotopic (exact) mass is 361 g/mol. The Morgan fingerprint density at radius 1 is 1.04 bits per heavy atom. The summed E-state index contributed by atoms with van der Waals surface area (Å²) < 4.78 is 17.1. The highest BCUT2D eigenvalue weighted by Gasteiger charge is 2.18. The number of hydrogen-bond acceptors (Lipinski definition) is 3. The molecule has 128 valence electrons. The molecule has 26 heavy (non-hydrogen) atoms. The van der Waals surface area contributed by atoms with Gasteiger partial charge < -0.3 is 4.57 Å². The third-order valence-corrected chi connectivity index (χ3v) is 5.84. The second-order valence-corrected chi connectivity index (χ2v) is 7.68. The predicted octanol–water partition coefficient (Wildman–Crippen LogP) is 6.19. The highest BCUT2D eigenvalue weighted by atomic mass is 32.1. The quantitative estimate of drug-likeness (QED) is 0.375. The third kappa shape index (κ3) is 2.17. The van der Waals surface area contributed by atoms with E-state index >= 15 is 0 Å². The van der Waals surface area contributed by atoms with Gasteiger partial charge in [0.15, 0.2) is 0 Å². The summed E-state index contributed by atoms with van der Waals surface area (Å²) in [5.41, 5.74) is 3.18. The summed E-state index contributed by atoms with van der Waals surface area (Å²) in [6, 6.07) is 16.2. The van der Waals surface area contributed by atoms with Gasteiger partial charge in [-0.25, -0.2) is 14.4 Å². The molecule has 0 atom stereocenters. The summed E-state index contributed by atoms with van der Waals surface area (Å²) in [5.74, 6) is 0.635. The highest BCUT2D eigenvalue weighted by molar-refractivity contribution is 7.26. The molecule has 0 unspecified atom stereocenters. The number of hydrogen-bond donors (Lipinski definition) is 0. The lowest BCUT2D eigenvalue weighted by Crippen LogP contribution is -2.03. The number of fused-ring (bicyclic) bond motifs is 4. The van der Waals surface area contributed by atoms with Gasteiger partial charge in [-0.2, -0.15) is 0 Å². The molecule has 0 aliphatic rings. The van der Waals surface area contributed by atoms with Gasteiger partial charge in [0.25, 0.3) is 0 Å². The molecule has 3 nitrogen and oxygen atoms in total. The summed E-state index contributed by atoms with van der Waals surface area (Å²) in [4.78, 5) is 10.0. The van der Waals surface area contributed by atoms with Crippen LogP contribution in [-0.4, -0.2) is 14.5 Å². The minimum absolute atomic E-state index is 0.276. The molecule has 3 heterocycles. The first-order valence-electron chi connectivity index (χ1n) is 8.57. The molecule has 2 aromatic carbocycles. The number of para-hydroxylation sites is 2. The largest absolute Gasteiger partial charge is 0.321 e. The maximum atomic E-state index is 13.7. The van der Waals surface area contributed by atoms with Crippen LogP contribution in [0.4, 0.5) is 4.39 Å². The molecule has 0 saturated heterocycles. The van der Waals surface area contributed by atoms with E-state index in [1.54, 1.807) is 17.4 Å². The van der Waals surface area contributed by atoms with Crippen molar-refractivity contribution in [2.75, 3.05) is 0 Å². The molecular weight excluding hydrogens is 345 g/mol. The zero-order chi connectivity index (χ0) is 17.8. The zero-order valence-corrected chi connectivity index (χ0v) is 15.2. The Morgan fingerprint density at radius 3 is 2.73 bits per heavy atom. The van der Waals surface area contributed by atoms with E-state index in [9.17, 15) is 4.39 Å². The van der Waals surface area contributed by atoms with Crippen LogP contribution in [0.3, 0.4) is 0 Å². The second-order valence-electron chi connectivity index (χ2n) is 6.68. The standard InChI is InChI=1S/C21H16FN3S/c1-12(2)25-18-9-4-3-8-17(18)24-20(25)15-7-5-6-14-16-10-13(22)11-23-21(16)26-19(14)15/h3-12H,1-2H3. The van der Waals surface area contributed by atoms with Crippen LogP contribution in [0.2, 0.25) is 0 Å². The third-order valence-electron chi connectivity index (χ3n) is 4.67. The van der Waals surface area contributed by atoms with Crippen molar-refractivity contribution in [2.24, 2.45) is 0 Å². The number of pyridine rings is 1. The van der Waals surface area contributed by atoms with Crippen molar-refractivity contribution < 1.29 is 4.39 Å². The molecule has 0 spiro atoms. The van der Waals surface area contributed by atoms with E-state index in [0.29, 0.717) is 0 Å². The molecule has 0 N–H and O–H groups in total. The average Bonchev–Trinajstić information content (AvgIpc) is 3.19. The molecule has 0 aliphatic heterocycles. The topological polar surface area (TPSA) is 30.7 Å². The summed E-state index contributed by atoms with van der Waals surface area (Å²) in [6.07, 6.45) is 1.28. The highest BCUT2D eigenvalue weighted by Crippen LogP contribution is 2.40. The fraction of sp³-hybridized carbons (Fsp3) is 0.143. The first-order chi connectivity index (χ1) is 12.6. The van der Waals surface area contributed by atoms with Crippen LogP contribution in [-0.2, 0) is 0 Å². The molecule has 3 aromatic heterocycles. The van der Waals surface area contributed by atoms with Gasteiger partial charge >= 0.3 is 0 Å². The van der Waals surface area contributed by atoms with Crippen LogP contribution in [0.5, 0.6) is 0 Å². The van der Waals surface area contributed by atoms with Crippen LogP contribution >= 0.6 is 11.3 Å². The Labute approximate surface area is 153 Å². The maximum Gasteiger partial charge on any atom is 0.142 e. The minimum Gasteiger partial charge on any atom is -0.321 e. The first-order valence-corrected chi connectivity index (χ1v) is 9.39. The number of aromatic nitrogens is 3. The number of rotatable bonds is 2. The van der Waals surface area contributed by atoms with Crippen LogP contribution in [0, 0.1) is 5.82 Å². The van der Waals surface area contributed by atoms with Crippen LogP contribution in [0.25, 0.3) is 42.7 Å². The van der Waals surface area contributed by atoms with E-state index in [0.717, 1.165) is 42.7 Å². The molecule has 0 aliphatic carbocycles. The lowest BCUT2D eigenvalue weighted by Gasteiger charge is -2.13. The molecule has 0 saturated carbocycles. The molecule has 0 bridgehead atoms. The van der Waals surface area contributed by atoms with Gasteiger partial charge in [-0.1, -0.05) is 24.3 Å². The summed E-state index contributed by atoms with van der Waals surface area (Å²) >= 11 is 1.59. The molecule has 5 rings (SSSR count). The van der Waals surface area contributed by atoms with Gasteiger partial charge in [0.1, 0.15) is 16.5 Å². The van der Waals surface area contributed by atoms with Crippen LogP contribution < -0.4 is 0 Å². The van der Waals surface area contributed by atoms with Crippen molar-refractivity contribution in [3.8, 4) is 11.4 Å². The van der Waals surface area contributed by atoms with E-state index in [4.69, 9.17) is 4.98 Å². The van der Waals surface area contributed by atoms with Gasteiger partial charge in [0.05, 0.1) is 17.2 Å². The number of imidazole rings is 1. The number of thiophene rings is 1. The fourth-order valence-electron chi connectivity index (χ4n) is 3.59. The maximum absolute atomic E-state index is 13.7. The second kappa shape index (κ2) is 5.61. The Morgan fingerprint density at radius 2 is 1.88 bits per heavy atom. The van der Waals surface area contributed by atoms with E-state index in [1.807, 2.05) is 30.3 Å². The van der Waals surface area contributed by atoms with E-state index < -0.39 is 0 Å². The Bertz CT molecular complexity index is 1280. The predicted molar refractivity (Wildman–Crippen MR) is 106 cm³/mol. The molecule has 5 aromatic rings. The number of nitrogens with zero attached hydrogens (tertiary/aromatic N) is 3. The van der Waals surface area contributed by atoms with E-state index in [1.165, 1.54) is 6.20 Å². The van der Waals surface area contributed by atoms with Gasteiger partial charge in [-0.15, -0.1) is 11.3 Å². The summed E-state index contributed by atoms with van der Waals surface area (Å²) in [7, 11) is 0. The van der Waals surface area contributed by atoms with Crippen LogP contribution in [0.1, 0.15) is 19.9 Å². The van der Waals surface area contributed by atoms with E-state index in [2.05, 4.69) is 35.5 Å². The first kappa shape index (κ1) is 15.5. The Balaban J connectivity index is 1.89. The minimum atomic E-state index is -0.308. The Kier molecular flexibility index (Phi) is 3.34. The lowest BCUT2D eigenvalue weighted by molar-refractivity contribution is 0.624. The van der Waals surface area contributed by atoms with Crippen molar-refractivity contribution >= 4 is 42.7 Å². The zero-order valence-electron chi connectivity index (χ0n) is 14.4. The molecule has 0 fully saturated rings. The number of halogens is 1. The van der Waals surface area contributed by atoms with Gasteiger partial charge in [-0.05, 0) is 38.1 Å². The molecular formula is C21H16FN3S. The van der Waals surface area contributed by atoms with Crippen molar-refractivity contribution in [2.45, 2.75) is 19.9 Å². The molecule has 0 radical (unpaired) electrons. The fourth-order valence-corrected chi connectivity index (χ4v) is 4.72. The summed E-state index contributed by atoms with van der Waals surface area (Å²) in [6.45, 7) is 4.33. The lowest BCUT2D eigenvalue weighted by atomic mass is 10.1. The normalized spacial score (nSPS) is 12.0. The van der Waals surface area contributed by atoms with Crippen molar-refractivity contribution in [3.05, 3.63) is 60.5 Å². The summed E-state index contributed by atoms with van der Waals surface area (Å²) in [5, 5.41) is 1.89.